The third kappa shape index (κ3) is 4.35. The van der Waals surface area contributed by atoms with E-state index in [9.17, 15) is 9.59 Å². The van der Waals surface area contributed by atoms with Gasteiger partial charge in [0.1, 0.15) is 5.75 Å². The monoisotopic (exact) mass is 327 g/mol. The summed E-state index contributed by atoms with van der Waals surface area (Å²) in [4.78, 5) is 24.1. The highest BCUT2D eigenvalue weighted by atomic mass is 16.5. The number of amides is 1. The van der Waals surface area contributed by atoms with E-state index in [0.717, 1.165) is 5.56 Å². The first-order chi connectivity index (χ1) is 11.5. The van der Waals surface area contributed by atoms with Crippen molar-refractivity contribution in [1.29, 1.82) is 0 Å². The van der Waals surface area contributed by atoms with E-state index in [0.29, 0.717) is 17.0 Å². The van der Waals surface area contributed by atoms with Crippen molar-refractivity contribution >= 4 is 17.6 Å². The van der Waals surface area contributed by atoms with Gasteiger partial charge in [-0.25, -0.2) is 0 Å². The topological polar surface area (TPSA) is 64.6 Å². The van der Waals surface area contributed by atoms with Crippen molar-refractivity contribution in [2.24, 2.45) is 0 Å². The summed E-state index contributed by atoms with van der Waals surface area (Å²) in [6.07, 6.45) is 0.222. The molecule has 1 amide bonds. The highest BCUT2D eigenvalue weighted by molar-refractivity contribution is 6.05. The first-order valence-corrected chi connectivity index (χ1v) is 7.66. The first kappa shape index (κ1) is 17.5. The molecule has 0 spiro atoms. The van der Waals surface area contributed by atoms with Gasteiger partial charge in [0.25, 0.3) is 5.91 Å². The van der Waals surface area contributed by atoms with Crippen LogP contribution in [-0.4, -0.2) is 26.1 Å². The van der Waals surface area contributed by atoms with Crippen LogP contribution >= 0.6 is 0 Å². The molecule has 0 saturated heterocycles. The van der Waals surface area contributed by atoms with Gasteiger partial charge in [-0.05, 0) is 29.7 Å². The average Bonchev–Trinajstić information content (AvgIpc) is 2.61. The number of hydrogen-bond acceptors (Lipinski definition) is 4. The molecule has 0 bridgehead atoms. The summed E-state index contributed by atoms with van der Waals surface area (Å²) in [5, 5.41) is 2.86. The SMILES string of the molecule is COC(=O)C[C@@H](C)c1ccccc1C(=O)Nc1cccc(OC)c1. The lowest BCUT2D eigenvalue weighted by Crippen LogP contribution is -2.16. The van der Waals surface area contributed by atoms with E-state index in [1.165, 1.54) is 7.11 Å². The van der Waals surface area contributed by atoms with Gasteiger partial charge in [-0.1, -0.05) is 31.2 Å². The Morgan fingerprint density at radius 3 is 2.54 bits per heavy atom. The Morgan fingerprint density at radius 1 is 1.08 bits per heavy atom. The van der Waals surface area contributed by atoms with Crippen molar-refractivity contribution in [3.05, 3.63) is 59.7 Å². The fraction of sp³-hybridized carbons (Fsp3) is 0.263. The van der Waals surface area contributed by atoms with E-state index in [2.05, 4.69) is 5.32 Å². The molecule has 1 N–H and O–H groups in total. The molecule has 0 fully saturated rings. The van der Waals surface area contributed by atoms with Crippen molar-refractivity contribution < 1.29 is 19.1 Å². The van der Waals surface area contributed by atoms with Gasteiger partial charge in [-0.15, -0.1) is 0 Å². The number of anilines is 1. The minimum Gasteiger partial charge on any atom is -0.497 e. The van der Waals surface area contributed by atoms with Crippen molar-refractivity contribution in [2.45, 2.75) is 19.3 Å². The third-order valence-corrected chi connectivity index (χ3v) is 3.76. The van der Waals surface area contributed by atoms with Crippen LogP contribution in [0.5, 0.6) is 5.75 Å². The van der Waals surface area contributed by atoms with Crippen LogP contribution in [0.1, 0.15) is 35.2 Å². The second kappa shape index (κ2) is 8.15. The maximum Gasteiger partial charge on any atom is 0.306 e. The largest absolute Gasteiger partial charge is 0.497 e. The molecule has 1 atom stereocenters. The molecular weight excluding hydrogens is 306 g/mol. The molecule has 0 aliphatic rings. The second-order valence-corrected chi connectivity index (χ2v) is 5.45. The predicted molar refractivity (Wildman–Crippen MR) is 92.4 cm³/mol. The molecule has 5 heteroatoms. The molecule has 0 radical (unpaired) electrons. The summed E-state index contributed by atoms with van der Waals surface area (Å²) in [6.45, 7) is 1.90. The quantitative estimate of drug-likeness (QED) is 0.823. The summed E-state index contributed by atoms with van der Waals surface area (Å²) in [6, 6.07) is 14.4. The minimum atomic E-state index is -0.300. The van der Waals surface area contributed by atoms with Gasteiger partial charge in [-0.2, -0.15) is 0 Å². The molecule has 0 unspecified atom stereocenters. The number of ether oxygens (including phenoxy) is 2. The molecule has 0 aliphatic heterocycles. The number of carbonyl (C=O) groups excluding carboxylic acids is 2. The van der Waals surface area contributed by atoms with Crippen LogP contribution in [0.4, 0.5) is 5.69 Å². The number of esters is 1. The molecule has 2 rings (SSSR count). The smallest absolute Gasteiger partial charge is 0.306 e. The number of nitrogens with one attached hydrogen (secondary N) is 1. The zero-order chi connectivity index (χ0) is 17.5. The molecular formula is C19H21NO4. The molecule has 2 aromatic carbocycles. The fourth-order valence-electron chi connectivity index (χ4n) is 2.48. The highest BCUT2D eigenvalue weighted by Gasteiger charge is 2.18. The fourth-order valence-corrected chi connectivity index (χ4v) is 2.48. The van der Waals surface area contributed by atoms with Gasteiger partial charge in [0.15, 0.2) is 0 Å². The van der Waals surface area contributed by atoms with Gasteiger partial charge < -0.3 is 14.8 Å². The van der Waals surface area contributed by atoms with E-state index in [4.69, 9.17) is 9.47 Å². The Bertz CT molecular complexity index is 727. The lowest BCUT2D eigenvalue weighted by atomic mass is 9.92. The first-order valence-electron chi connectivity index (χ1n) is 7.66. The van der Waals surface area contributed by atoms with Gasteiger partial charge in [0.05, 0.1) is 20.6 Å². The maximum atomic E-state index is 12.6. The predicted octanol–water partition coefficient (Wildman–Crippen LogP) is 3.61. The number of benzene rings is 2. The van der Waals surface area contributed by atoms with Crippen molar-refractivity contribution in [1.82, 2.24) is 0 Å². The van der Waals surface area contributed by atoms with Crippen molar-refractivity contribution in [3.63, 3.8) is 0 Å². The zero-order valence-corrected chi connectivity index (χ0v) is 14.0. The van der Waals surface area contributed by atoms with Crippen LogP contribution in [0.15, 0.2) is 48.5 Å². The average molecular weight is 327 g/mol. The van der Waals surface area contributed by atoms with Crippen LogP contribution in [0.3, 0.4) is 0 Å². The number of carbonyl (C=O) groups is 2. The Balaban J connectivity index is 2.21. The molecule has 0 heterocycles. The summed E-state index contributed by atoms with van der Waals surface area (Å²) >= 11 is 0. The van der Waals surface area contributed by atoms with E-state index in [1.54, 1.807) is 37.4 Å². The number of hydrogen-bond donors (Lipinski definition) is 1. The molecule has 2 aromatic rings. The highest BCUT2D eigenvalue weighted by Crippen LogP contribution is 2.25. The van der Waals surface area contributed by atoms with Crippen molar-refractivity contribution in [2.75, 3.05) is 19.5 Å². The Kier molecular flexibility index (Phi) is 5.95. The van der Waals surface area contributed by atoms with Crippen LogP contribution < -0.4 is 10.1 Å². The summed E-state index contributed by atoms with van der Waals surface area (Å²) in [5.74, 6) is 0.0194. The van der Waals surface area contributed by atoms with Gasteiger partial charge in [0, 0.05) is 17.3 Å². The third-order valence-electron chi connectivity index (χ3n) is 3.76. The lowest BCUT2D eigenvalue weighted by molar-refractivity contribution is -0.140. The molecule has 0 aromatic heterocycles. The summed E-state index contributed by atoms with van der Waals surface area (Å²) < 4.78 is 9.87. The lowest BCUT2D eigenvalue weighted by Gasteiger charge is -2.15. The molecule has 24 heavy (non-hydrogen) atoms. The molecule has 126 valence electrons. The standard InChI is InChI=1S/C19H21NO4/c1-13(11-18(21)24-3)16-9-4-5-10-17(16)19(22)20-14-7-6-8-15(12-14)23-2/h4-10,12-13H,11H2,1-3H3,(H,20,22)/t13-/m1/s1. The van der Waals surface area contributed by atoms with E-state index < -0.39 is 0 Å². The molecule has 0 saturated carbocycles. The van der Waals surface area contributed by atoms with Gasteiger partial charge >= 0.3 is 5.97 Å². The minimum absolute atomic E-state index is 0.121. The Labute approximate surface area is 141 Å². The van der Waals surface area contributed by atoms with Crippen LogP contribution in [-0.2, 0) is 9.53 Å². The van der Waals surface area contributed by atoms with Crippen LogP contribution in [0.25, 0.3) is 0 Å². The Hall–Kier alpha value is -2.82. The van der Waals surface area contributed by atoms with Gasteiger partial charge in [0.2, 0.25) is 0 Å². The van der Waals surface area contributed by atoms with Crippen molar-refractivity contribution in [3.8, 4) is 5.75 Å². The second-order valence-electron chi connectivity index (χ2n) is 5.45. The van der Waals surface area contributed by atoms with E-state index in [1.807, 2.05) is 25.1 Å². The van der Waals surface area contributed by atoms with E-state index in [-0.39, 0.29) is 24.2 Å². The van der Waals surface area contributed by atoms with Gasteiger partial charge in [-0.3, -0.25) is 9.59 Å². The number of methoxy groups -OCH3 is 2. The summed E-state index contributed by atoms with van der Waals surface area (Å²) in [7, 11) is 2.93. The van der Waals surface area contributed by atoms with Crippen LogP contribution in [0.2, 0.25) is 0 Å². The van der Waals surface area contributed by atoms with E-state index >= 15 is 0 Å². The summed E-state index contributed by atoms with van der Waals surface area (Å²) in [5.41, 5.74) is 2.00. The normalized spacial score (nSPS) is 11.5. The zero-order valence-electron chi connectivity index (χ0n) is 14.0. The molecule has 0 aliphatic carbocycles. The molecule has 5 nitrogen and oxygen atoms in total. The maximum absolute atomic E-state index is 12.6. The number of rotatable bonds is 6. The van der Waals surface area contributed by atoms with Crippen LogP contribution in [0, 0.1) is 0 Å². The Morgan fingerprint density at radius 2 is 1.83 bits per heavy atom.